The van der Waals surface area contributed by atoms with Gasteiger partial charge in [0.15, 0.2) is 6.29 Å². The molecule has 0 spiro atoms. The molecule has 1 atom stereocenters. The zero-order chi connectivity index (χ0) is 14.4. The molecule has 1 unspecified atom stereocenters. The first-order valence-electron chi connectivity index (χ1n) is 7.11. The second-order valence-corrected chi connectivity index (χ2v) is 6.16. The van der Waals surface area contributed by atoms with Crippen molar-refractivity contribution in [3.8, 4) is 0 Å². The second-order valence-electron chi connectivity index (χ2n) is 6.16. The van der Waals surface area contributed by atoms with Crippen LogP contribution in [-0.4, -0.2) is 17.5 Å². The van der Waals surface area contributed by atoms with Crippen LogP contribution < -0.4 is 0 Å². The van der Waals surface area contributed by atoms with Gasteiger partial charge >= 0.3 is 0 Å². The van der Waals surface area contributed by atoms with Crippen LogP contribution in [0.5, 0.6) is 0 Å². The Hall–Kier alpha value is -1.15. The van der Waals surface area contributed by atoms with Crippen LogP contribution in [0.15, 0.2) is 30.3 Å². The highest BCUT2D eigenvalue weighted by atomic mass is 16.5. The zero-order valence-electron chi connectivity index (χ0n) is 12.6. The topological polar surface area (TPSA) is 26.3 Å². The fourth-order valence-electron chi connectivity index (χ4n) is 2.33. The van der Waals surface area contributed by atoms with Crippen LogP contribution in [0.3, 0.4) is 0 Å². The lowest BCUT2D eigenvalue weighted by Crippen LogP contribution is -2.43. The number of carbonyl (C=O) groups excluding carboxylic acids is 1. The highest BCUT2D eigenvalue weighted by Gasteiger charge is 2.34. The molecule has 2 nitrogen and oxygen atoms in total. The SMILES string of the molecule is CCCCC(C=O)(Cc1ccccc1)OC(C)(C)C. The number of benzene rings is 1. The van der Waals surface area contributed by atoms with Crippen molar-refractivity contribution < 1.29 is 9.53 Å². The van der Waals surface area contributed by atoms with Crippen molar-refractivity contribution in [1.29, 1.82) is 0 Å². The summed E-state index contributed by atoms with van der Waals surface area (Å²) in [5.41, 5.74) is 0.133. The third-order valence-electron chi connectivity index (χ3n) is 3.02. The van der Waals surface area contributed by atoms with Crippen molar-refractivity contribution in [1.82, 2.24) is 0 Å². The highest BCUT2D eigenvalue weighted by Crippen LogP contribution is 2.28. The molecule has 0 N–H and O–H groups in total. The van der Waals surface area contributed by atoms with E-state index in [2.05, 4.69) is 19.1 Å². The van der Waals surface area contributed by atoms with Gasteiger partial charge in [0.05, 0.1) is 5.60 Å². The first-order valence-corrected chi connectivity index (χ1v) is 7.11. The maximum absolute atomic E-state index is 11.7. The fourth-order valence-corrected chi connectivity index (χ4v) is 2.33. The van der Waals surface area contributed by atoms with Crippen LogP contribution in [0, 0.1) is 0 Å². The van der Waals surface area contributed by atoms with Crippen LogP contribution in [0.4, 0.5) is 0 Å². The van der Waals surface area contributed by atoms with E-state index in [4.69, 9.17) is 4.74 Å². The largest absolute Gasteiger partial charge is 0.362 e. The van der Waals surface area contributed by atoms with E-state index >= 15 is 0 Å². The van der Waals surface area contributed by atoms with Crippen molar-refractivity contribution in [2.45, 2.75) is 64.6 Å². The minimum atomic E-state index is -0.699. The number of hydrogen-bond acceptors (Lipinski definition) is 2. The van der Waals surface area contributed by atoms with E-state index in [-0.39, 0.29) is 5.60 Å². The lowest BCUT2D eigenvalue weighted by molar-refractivity contribution is -0.155. The number of rotatable bonds is 7. The summed E-state index contributed by atoms with van der Waals surface area (Å²) >= 11 is 0. The van der Waals surface area contributed by atoms with Gasteiger partial charge in [0.1, 0.15) is 5.60 Å². The Balaban J connectivity index is 2.92. The molecule has 0 radical (unpaired) electrons. The van der Waals surface area contributed by atoms with Crippen molar-refractivity contribution in [2.75, 3.05) is 0 Å². The van der Waals surface area contributed by atoms with E-state index in [0.717, 1.165) is 31.1 Å². The molecular formula is C17H26O2. The van der Waals surface area contributed by atoms with E-state index in [1.54, 1.807) is 0 Å². The minimum absolute atomic E-state index is 0.316. The summed E-state index contributed by atoms with van der Waals surface area (Å²) in [5, 5.41) is 0. The van der Waals surface area contributed by atoms with Gasteiger partial charge in [0.2, 0.25) is 0 Å². The molecule has 0 fully saturated rings. The minimum Gasteiger partial charge on any atom is -0.362 e. The van der Waals surface area contributed by atoms with Crippen LogP contribution in [-0.2, 0) is 16.0 Å². The number of unbranched alkanes of at least 4 members (excludes halogenated alkanes) is 1. The van der Waals surface area contributed by atoms with Gasteiger partial charge in [-0.05, 0) is 32.8 Å². The molecule has 0 bridgehead atoms. The summed E-state index contributed by atoms with van der Waals surface area (Å²) in [6, 6.07) is 10.1. The predicted octanol–water partition coefficient (Wildman–Crippen LogP) is 4.17. The van der Waals surface area contributed by atoms with Gasteiger partial charge in [-0.15, -0.1) is 0 Å². The Morgan fingerprint density at radius 1 is 1.16 bits per heavy atom. The molecule has 0 aromatic heterocycles. The van der Waals surface area contributed by atoms with E-state index < -0.39 is 5.60 Å². The van der Waals surface area contributed by atoms with E-state index in [1.807, 2.05) is 39.0 Å². The molecule has 19 heavy (non-hydrogen) atoms. The van der Waals surface area contributed by atoms with Crippen LogP contribution in [0.2, 0.25) is 0 Å². The molecule has 0 saturated carbocycles. The Bertz CT molecular complexity index is 378. The lowest BCUT2D eigenvalue weighted by atomic mass is 9.89. The molecule has 106 valence electrons. The van der Waals surface area contributed by atoms with Gasteiger partial charge in [-0.1, -0.05) is 50.1 Å². The van der Waals surface area contributed by atoms with E-state index in [1.165, 1.54) is 0 Å². The predicted molar refractivity (Wildman–Crippen MR) is 79.3 cm³/mol. The summed E-state index contributed by atoms with van der Waals surface area (Å²) < 4.78 is 6.11. The fraction of sp³-hybridized carbons (Fsp3) is 0.588. The molecule has 0 saturated heterocycles. The molecule has 0 aliphatic heterocycles. The zero-order valence-corrected chi connectivity index (χ0v) is 12.6. The smallest absolute Gasteiger partial charge is 0.152 e. The standard InChI is InChI=1S/C17H26O2/c1-5-6-12-17(14-18,19-16(2,3)4)13-15-10-8-7-9-11-15/h7-11,14H,5-6,12-13H2,1-4H3. The first kappa shape index (κ1) is 15.9. The third kappa shape index (κ3) is 5.56. The Kier molecular flexibility index (Phi) is 5.74. The van der Waals surface area contributed by atoms with Gasteiger partial charge in [-0.25, -0.2) is 0 Å². The average Bonchev–Trinajstić information content (AvgIpc) is 2.35. The van der Waals surface area contributed by atoms with E-state index in [0.29, 0.717) is 6.42 Å². The van der Waals surface area contributed by atoms with Crippen molar-refractivity contribution >= 4 is 6.29 Å². The summed E-state index contributed by atoms with van der Waals surface area (Å²) in [7, 11) is 0. The van der Waals surface area contributed by atoms with Crippen molar-refractivity contribution in [2.24, 2.45) is 0 Å². The summed E-state index contributed by atoms with van der Waals surface area (Å²) in [6.45, 7) is 8.14. The van der Waals surface area contributed by atoms with Gasteiger partial charge in [0.25, 0.3) is 0 Å². The van der Waals surface area contributed by atoms with Crippen LogP contribution >= 0.6 is 0 Å². The number of aldehydes is 1. The van der Waals surface area contributed by atoms with Crippen molar-refractivity contribution in [3.63, 3.8) is 0 Å². The quantitative estimate of drug-likeness (QED) is 0.689. The molecule has 0 heterocycles. The molecule has 0 amide bonds. The Labute approximate surface area is 117 Å². The Morgan fingerprint density at radius 3 is 2.26 bits per heavy atom. The number of carbonyl (C=O) groups is 1. The average molecular weight is 262 g/mol. The van der Waals surface area contributed by atoms with Crippen LogP contribution in [0.25, 0.3) is 0 Å². The monoisotopic (exact) mass is 262 g/mol. The highest BCUT2D eigenvalue weighted by molar-refractivity contribution is 5.63. The Morgan fingerprint density at radius 2 is 1.79 bits per heavy atom. The maximum Gasteiger partial charge on any atom is 0.152 e. The number of hydrogen-bond donors (Lipinski definition) is 0. The normalized spacial score (nSPS) is 14.9. The van der Waals surface area contributed by atoms with Gasteiger partial charge in [0, 0.05) is 6.42 Å². The molecule has 1 aromatic carbocycles. The second kappa shape index (κ2) is 6.85. The molecule has 1 aromatic rings. The maximum atomic E-state index is 11.7. The van der Waals surface area contributed by atoms with E-state index in [9.17, 15) is 4.79 Å². The molecule has 0 aliphatic carbocycles. The lowest BCUT2D eigenvalue weighted by Gasteiger charge is -2.35. The molecular weight excluding hydrogens is 236 g/mol. The first-order chi connectivity index (χ1) is 8.91. The van der Waals surface area contributed by atoms with Gasteiger partial charge in [-0.3, -0.25) is 0 Å². The van der Waals surface area contributed by atoms with Gasteiger partial charge in [-0.2, -0.15) is 0 Å². The van der Waals surface area contributed by atoms with Crippen LogP contribution in [0.1, 0.15) is 52.5 Å². The summed E-state index contributed by atoms with van der Waals surface area (Å²) in [6.07, 6.45) is 4.49. The summed E-state index contributed by atoms with van der Waals surface area (Å²) in [4.78, 5) is 11.7. The van der Waals surface area contributed by atoms with Gasteiger partial charge < -0.3 is 9.53 Å². The molecule has 0 aliphatic rings. The van der Waals surface area contributed by atoms with Crippen molar-refractivity contribution in [3.05, 3.63) is 35.9 Å². The third-order valence-corrected chi connectivity index (χ3v) is 3.02. The number of ether oxygens (including phenoxy) is 1. The summed E-state index contributed by atoms with van der Waals surface area (Å²) in [5.74, 6) is 0. The molecule has 1 rings (SSSR count). The molecule has 2 heteroatoms.